The third-order valence-electron chi connectivity index (χ3n) is 6.69. The first-order valence-corrected chi connectivity index (χ1v) is 8.85. The van der Waals surface area contributed by atoms with Gasteiger partial charge in [-0.15, -0.1) is 0 Å². The fourth-order valence-corrected chi connectivity index (χ4v) is 5.69. The molecule has 0 aliphatic heterocycles. The molecule has 21 heavy (non-hydrogen) atoms. The van der Waals surface area contributed by atoms with Crippen LogP contribution in [0.3, 0.4) is 0 Å². The second-order valence-electron chi connectivity index (χ2n) is 7.73. The minimum Gasteiger partial charge on any atom is -0.0848 e. The molecule has 3 unspecified atom stereocenters. The summed E-state index contributed by atoms with van der Waals surface area (Å²) in [6.07, 6.45) is 16.3. The monoisotopic (exact) mass is 276 g/mol. The first kappa shape index (κ1) is 12.3. The zero-order valence-electron chi connectivity index (χ0n) is 12.8. The van der Waals surface area contributed by atoms with E-state index < -0.39 is 0 Å². The highest BCUT2D eigenvalue weighted by Gasteiger charge is 2.50. The van der Waals surface area contributed by atoms with Gasteiger partial charge in [-0.25, -0.2) is 0 Å². The topological polar surface area (TPSA) is 0 Å². The van der Waals surface area contributed by atoms with Gasteiger partial charge in [0.1, 0.15) is 0 Å². The van der Waals surface area contributed by atoms with Gasteiger partial charge in [-0.1, -0.05) is 42.0 Å². The molecule has 108 valence electrons. The van der Waals surface area contributed by atoms with E-state index in [4.69, 9.17) is 0 Å². The molecule has 5 rings (SSSR count). The molecular weight excluding hydrogens is 252 g/mol. The van der Waals surface area contributed by atoms with E-state index in [-0.39, 0.29) is 0 Å². The molecule has 0 spiro atoms. The van der Waals surface area contributed by atoms with E-state index in [0.717, 1.165) is 11.8 Å². The van der Waals surface area contributed by atoms with Gasteiger partial charge in [0, 0.05) is 0 Å². The third kappa shape index (κ3) is 1.68. The van der Waals surface area contributed by atoms with Crippen molar-refractivity contribution < 1.29 is 0 Å². The van der Waals surface area contributed by atoms with Crippen molar-refractivity contribution >= 4 is 5.57 Å². The van der Waals surface area contributed by atoms with Gasteiger partial charge in [-0.3, -0.25) is 0 Å². The van der Waals surface area contributed by atoms with Crippen molar-refractivity contribution in [3.8, 4) is 0 Å². The predicted molar refractivity (Wildman–Crippen MR) is 87.9 cm³/mol. The van der Waals surface area contributed by atoms with Crippen LogP contribution in [-0.4, -0.2) is 0 Å². The summed E-state index contributed by atoms with van der Waals surface area (Å²) in [6.45, 7) is 0. The van der Waals surface area contributed by atoms with Crippen molar-refractivity contribution in [2.75, 3.05) is 0 Å². The van der Waals surface area contributed by atoms with Crippen molar-refractivity contribution in [2.24, 2.45) is 17.3 Å². The van der Waals surface area contributed by atoms with Crippen molar-refractivity contribution in [1.29, 1.82) is 0 Å². The number of allylic oxidation sites excluding steroid dienone is 4. The van der Waals surface area contributed by atoms with Crippen molar-refractivity contribution in [2.45, 2.75) is 51.4 Å². The van der Waals surface area contributed by atoms with Crippen LogP contribution in [-0.2, 0) is 6.42 Å². The quantitative estimate of drug-likeness (QED) is 0.590. The standard InChI is InChI=1S/C21H24/c1-2-6-16(5-1)20-18-8-4-3-7-17(18)13-19(20)21-11-9-15(14-21)10-12-21/h3-4,7-9,11,15,19H,1-2,5-6,10,12-14H2. The minimum absolute atomic E-state index is 0.509. The lowest BCUT2D eigenvalue weighted by Gasteiger charge is -2.33. The van der Waals surface area contributed by atoms with Crippen LogP contribution in [0, 0.1) is 17.3 Å². The molecule has 0 N–H and O–H groups in total. The van der Waals surface area contributed by atoms with Gasteiger partial charge in [0.25, 0.3) is 0 Å². The summed E-state index contributed by atoms with van der Waals surface area (Å²) in [5, 5.41) is 0. The van der Waals surface area contributed by atoms with Gasteiger partial charge in [0.15, 0.2) is 0 Å². The van der Waals surface area contributed by atoms with Crippen molar-refractivity contribution in [3.05, 3.63) is 53.1 Å². The molecule has 2 bridgehead atoms. The average Bonchev–Trinajstić information content (AvgIpc) is 3.28. The Morgan fingerprint density at radius 2 is 1.90 bits per heavy atom. The lowest BCUT2D eigenvalue weighted by molar-refractivity contribution is 0.303. The first-order chi connectivity index (χ1) is 10.4. The van der Waals surface area contributed by atoms with Crippen LogP contribution < -0.4 is 0 Å². The highest BCUT2D eigenvalue weighted by molar-refractivity contribution is 5.78. The molecule has 1 aromatic rings. The second-order valence-corrected chi connectivity index (χ2v) is 7.73. The van der Waals surface area contributed by atoms with E-state index in [9.17, 15) is 0 Å². The Hall–Kier alpha value is -1.30. The number of rotatable bonds is 1. The summed E-state index contributed by atoms with van der Waals surface area (Å²) in [7, 11) is 0. The van der Waals surface area contributed by atoms with Crippen molar-refractivity contribution in [1.82, 2.24) is 0 Å². The smallest absolute Gasteiger partial charge is 0.00242 e. The van der Waals surface area contributed by atoms with E-state index in [0.29, 0.717) is 5.41 Å². The summed E-state index contributed by atoms with van der Waals surface area (Å²) in [5.41, 5.74) is 7.33. The minimum atomic E-state index is 0.509. The maximum atomic E-state index is 2.62. The largest absolute Gasteiger partial charge is 0.0848 e. The van der Waals surface area contributed by atoms with Gasteiger partial charge < -0.3 is 0 Å². The van der Waals surface area contributed by atoms with E-state index in [1.54, 1.807) is 16.7 Å². The number of benzene rings is 1. The highest BCUT2D eigenvalue weighted by atomic mass is 14.5. The Labute approximate surface area is 128 Å². The van der Waals surface area contributed by atoms with E-state index in [1.165, 1.54) is 51.4 Å². The van der Waals surface area contributed by atoms with E-state index in [1.807, 2.05) is 5.57 Å². The molecule has 0 saturated heterocycles. The van der Waals surface area contributed by atoms with Gasteiger partial charge in [-0.2, -0.15) is 0 Å². The maximum absolute atomic E-state index is 2.62. The van der Waals surface area contributed by atoms with E-state index in [2.05, 4.69) is 36.4 Å². The molecule has 2 fully saturated rings. The fraction of sp³-hybridized carbons (Fsp3) is 0.524. The molecule has 1 aromatic carbocycles. The lowest BCUT2D eigenvalue weighted by atomic mass is 9.70. The molecule has 0 amide bonds. The van der Waals surface area contributed by atoms with E-state index >= 15 is 0 Å². The molecule has 3 atom stereocenters. The molecule has 0 radical (unpaired) electrons. The average molecular weight is 276 g/mol. The molecule has 0 aromatic heterocycles. The Bertz CT molecular complexity index is 640. The highest BCUT2D eigenvalue weighted by Crippen LogP contribution is 2.61. The normalized spacial score (nSPS) is 36.8. The van der Waals surface area contributed by atoms with Crippen LogP contribution in [0.15, 0.2) is 42.0 Å². The van der Waals surface area contributed by atoms with Gasteiger partial charge >= 0.3 is 0 Å². The Morgan fingerprint density at radius 3 is 2.62 bits per heavy atom. The fourth-order valence-electron chi connectivity index (χ4n) is 5.69. The molecular formula is C21H24. The van der Waals surface area contributed by atoms with Crippen LogP contribution in [0.2, 0.25) is 0 Å². The Kier molecular flexibility index (Phi) is 2.54. The van der Waals surface area contributed by atoms with Crippen LogP contribution in [0.25, 0.3) is 5.57 Å². The molecule has 0 nitrogen and oxygen atoms in total. The summed E-state index contributed by atoms with van der Waals surface area (Å²) in [4.78, 5) is 0. The van der Waals surface area contributed by atoms with Crippen molar-refractivity contribution in [3.63, 3.8) is 0 Å². The van der Waals surface area contributed by atoms with Gasteiger partial charge in [0.05, 0.1) is 0 Å². The molecule has 0 heteroatoms. The molecule has 4 aliphatic carbocycles. The number of hydrogen-bond acceptors (Lipinski definition) is 0. The first-order valence-electron chi connectivity index (χ1n) is 8.85. The zero-order valence-corrected chi connectivity index (χ0v) is 12.8. The van der Waals surface area contributed by atoms with Crippen LogP contribution >= 0.6 is 0 Å². The molecule has 2 saturated carbocycles. The molecule has 4 aliphatic rings. The van der Waals surface area contributed by atoms with Gasteiger partial charge in [-0.05, 0) is 85.3 Å². The van der Waals surface area contributed by atoms with Gasteiger partial charge in [0.2, 0.25) is 0 Å². The Morgan fingerprint density at radius 1 is 1.05 bits per heavy atom. The van der Waals surface area contributed by atoms with Crippen LogP contribution in [0.4, 0.5) is 0 Å². The SMILES string of the molecule is C1=CC2(C3Cc4ccccc4C3=C3CCCC3)CCC1C2. The predicted octanol–water partition coefficient (Wildman–Crippen LogP) is 5.54. The summed E-state index contributed by atoms with van der Waals surface area (Å²) in [5.74, 6) is 1.68. The lowest BCUT2D eigenvalue weighted by Crippen LogP contribution is -2.25. The number of fused-ring (bicyclic) bond motifs is 3. The Balaban J connectivity index is 1.66. The van der Waals surface area contributed by atoms with Crippen LogP contribution in [0.5, 0.6) is 0 Å². The number of hydrogen-bond donors (Lipinski definition) is 0. The van der Waals surface area contributed by atoms with Crippen LogP contribution in [0.1, 0.15) is 56.1 Å². The summed E-state index contributed by atoms with van der Waals surface area (Å²) < 4.78 is 0. The molecule has 0 heterocycles. The summed E-state index contributed by atoms with van der Waals surface area (Å²) in [6, 6.07) is 9.26. The third-order valence-corrected chi connectivity index (χ3v) is 6.69. The maximum Gasteiger partial charge on any atom is -0.00242 e. The second kappa shape index (κ2) is 4.35. The zero-order chi connectivity index (χ0) is 13.9. The summed E-state index contributed by atoms with van der Waals surface area (Å²) >= 11 is 0.